The summed E-state index contributed by atoms with van der Waals surface area (Å²) in [6, 6.07) is 16.6. The van der Waals surface area contributed by atoms with Gasteiger partial charge in [-0.2, -0.15) is 0 Å². The monoisotopic (exact) mass is 270 g/mol. The van der Waals surface area contributed by atoms with Crippen molar-refractivity contribution in [1.82, 2.24) is 0 Å². The molecule has 1 saturated heterocycles. The van der Waals surface area contributed by atoms with Crippen LogP contribution in [-0.4, -0.2) is 17.4 Å². The molecular weight excluding hydrogens is 260 g/mol. The van der Waals surface area contributed by atoms with E-state index < -0.39 is 17.4 Å². The average molecular weight is 270 g/mol. The molecule has 1 heterocycles. The first-order chi connectivity index (χ1) is 9.74. The lowest BCUT2D eigenvalue weighted by molar-refractivity contribution is -0.697. The Labute approximate surface area is 114 Å². The molecule has 0 unspecified atom stereocenters. The highest BCUT2D eigenvalue weighted by molar-refractivity contribution is 6.21. The van der Waals surface area contributed by atoms with Crippen molar-refractivity contribution in [2.24, 2.45) is 0 Å². The standard InChI is InChI=1S/C15H10O5/c16-13(11-7-3-1-4-8-11)15(18-20-19-15)14(17)12-9-5-2-6-10-12/h1-10H. The highest BCUT2D eigenvalue weighted by atomic mass is 17.6. The summed E-state index contributed by atoms with van der Waals surface area (Å²) in [6.07, 6.45) is 0. The Hall–Kier alpha value is -2.34. The van der Waals surface area contributed by atoms with Crippen LogP contribution in [0.1, 0.15) is 20.7 Å². The Kier molecular flexibility index (Phi) is 3.15. The Morgan fingerprint density at radius 2 is 1.10 bits per heavy atom. The smallest absolute Gasteiger partial charge is 0.287 e. The van der Waals surface area contributed by atoms with Crippen LogP contribution in [0.4, 0.5) is 0 Å². The van der Waals surface area contributed by atoms with Crippen molar-refractivity contribution in [3.8, 4) is 0 Å². The summed E-state index contributed by atoms with van der Waals surface area (Å²) < 4.78 is 0. The minimum Gasteiger partial charge on any atom is -0.287 e. The molecule has 2 aromatic carbocycles. The van der Waals surface area contributed by atoms with Gasteiger partial charge in [0.15, 0.2) is 0 Å². The van der Waals surface area contributed by atoms with Gasteiger partial charge in [-0.1, -0.05) is 65.7 Å². The molecule has 5 heteroatoms. The number of benzene rings is 2. The van der Waals surface area contributed by atoms with Crippen molar-refractivity contribution in [3.63, 3.8) is 0 Å². The van der Waals surface area contributed by atoms with E-state index in [1.165, 1.54) is 0 Å². The third-order valence-corrected chi connectivity index (χ3v) is 2.97. The predicted octanol–water partition coefficient (Wildman–Crippen LogP) is 2.34. The van der Waals surface area contributed by atoms with E-state index in [9.17, 15) is 9.59 Å². The molecule has 3 rings (SSSR count). The fourth-order valence-electron chi connectivity index (χ4n) is 1.92. The normalized spacial score (nSPS) is 16.2. The van der Waals surface area contributed by atoms with E-state index >= 15 is 0 Å². The molecule has 0 atom stereocenters. The zero-order chi connectivity index (χ0) is 14.0. The second kappa shape index (κ2) is 4.97. The maximum absolute atomic E-state index is 12.4. The van der Waals surface area contributed by atoms with Crippen molar-refractivity contribution in [2.75, 3.05) is 0 Å². The van der Waals surface area contributed by atoms with E-state index in [0.29, 0.717) is 11.1 Å². The Balaban J connectivity index is 1.96. The molecule has 1 aliphatic rings. The summed E-state index contributed by atoms with van der Waals surface area (Å²) in [5.74, 6) is -3.25. The van der Waals surface area contributed by atoms with Crippen LogP contribution in [0.3, 0.4) is 0 Å². The van der Waals surface area contributed by atoms with Crippen molar-refractivity contribution in [1.29, 1.82) is 0 Å². The largest absolute Gasteiger partial charge is 0.363 e. The molecule has 0 aliphatic carbocycles. The second-order valence-electron chi connectivity index (χ2n) is 4.24. The van der Waals surface area contributed by atoms with Gasteiger partial charge in [0.2, 0.25) is 11.6 Å². The molecule has 0 bridgehead atoms. The minimum atomic E-state index is -2.05. The van der Waals surface area contributed by atoms with Gasteiger partial charge in [-0.05, 0) is 0 Å². The SMILES string of the molecule is O=C(c1ccccc1)C1(C(=O)c2ccccc2)OOO1. The topological polar surface area (TPSA) is 61.8 Å². The first-order valence-corrected chi connectivity index (χ1v) is 5.97. The molecule has 1 aliphatic heterocycles. The van der Waals surface area contributed by atoms with Gasteiger partial charge in [0, 0.05) is 11.1 Å². The van der Waals surface area contributed by atoms with Crippen LogP contribution >= 0.6 is 0 Å². The maximum Gasteiger partial charge on any atom is 0.363 e. The predicted molar refractivity (Wildman–Crippen MR) is 67.5 cm³/mol. The molecular formula is C15H10O5. The van der Waals surface area contributed by atoms with E-state index in [0.717, 1.165) is 0 Å². The zero-order valence-corrected chi connectivity index (χ0v) is 10.3. The summed E-state index contributed by atoms with van der Waals surface area (Å²) in [4.78, 5) is 34.3. The number of carbonyl (C=O) groups excluding carboxylic acids is 2. The van der Waals surface area contributed by atoms with E-state index in [2.05, 4.69) is 5.04 Å². The van der Waals surface area contributed by atoms with Crippen LogP contribution in [0.15, 0.2) is 60.7 Å². The Morgan fingerprint density at radius 3 is 1.40 bits per heavy atom. The van der Waals surface area contributed by atoms with Gasteiger partial charge in [-0.3, -0.25) is 9.59 Å². The lowest BCUT2D eigenvalue weighted by Gasteiger charge is -2.33. The summed E-state index contributed by atoms with van der Waals surface area (Å²) in [5, 5.41) is 4.18. The molecule has 0 aromatic heterocycles. The molecule has 0 saturated carbocycles. The molecule has 2 aromatic rings. The highest BCUT2D eigenvalue weighted by Gasteiger charge is 2.59. The first kappa shape index (κ1) is 12.7. The van der Waals surface area contributed by atoms with Gasteiger partial charge in [-0.25, -0.2) is 0 Å². The van der Waals surface area contributed by atoms with Crippen LogP contribution in [0.5, 0.6) is 0 Å². The fraction of sp³-hybridized carbons (Fsp3) is 0.0667. The molecule has 0 N–H and O–H groups in total. The van der Waals surface area contributed by atoms with Crippen molar-refractivity contribution in [3.05, 3.63) is 71.8 Å². The first-order valence-electron chi connectivity index (χ1n) is 5.97. The molecule has 5 nitrogen and oxygen atoms in total. The van der Waals surface area contributed by atoms with E-state index in [1.807, 2.05) is 0 Å². The van der Waals surface area contributed by atoms with Crippen LogP contribution in [-0.2, 0) is 14.8 Å². The van der Waals surface area contributed by atoms with Crippen molar-refractivity contribution >= 4 is 11.6 Å². The molecule has 20 heavy (non-hydrogen) atoms. The van der Waals surface area contributed by atoms with Gasteiger partial charge in [0.25, 0.3) is 0 Å². The number of hydrogen-bond acceptors (Lipinski definition) is 5. The number of ketones is 2. The van der Waals surface area contributed by atoms with Crippen molar-refractivity contribution < 1.29 is 24.4 Å². The van der Waals surface area contributed by atoms with Gasteiger partial charge in [0.05, 0.1) is 0 Å². The number of carbonyl (C=O) groups is 2. The molecule has 100 valence electrons. The minimum absolute atomic E-state index is 0.306. The maximum atomic E-state index is 12.4. The number of Topliss-reactive ketones (excluding diaryl/α,β-unsaturated/α-hetero) is 2. The summed E-state index contributed by atoms with van der Waals surface area (Å²) in [6.45, 7) is 0. The van der Waals surface area contributed by atoms with E-state index in [-0.39, 0.29) is 0 Å². The Bertz CT molecular complexity index is 578. The molecule has 0 amide bonds. The average Bonchev–Trinajstić information content (AvgIpc) is 2.47. The van der Waals surface area contributed by atoms with Crippen LogP contribution < -0.4 is 0 Å². The molecule has 0 radical (unpaired) electrons. The quantitative estimate of drug-likeness (QED) is 0.485. The fourth-order valence-corrected chi connectivity index (χ4v) is 1.92. The van der Waals surface area contributed by atoms with Gasteiger partial charge in [-0.15, -0.1) is 9.78 Å². The number of rotatable bonds is 4. The summed E-state index contributed by atoms with van der Waals surface area (Å²) >= 11 is 0. The third-order valence-electron chi connectivity index (χ3n) is 2.97. The lowest BCUT2D eigenvalue weighted by Crippen LogP contribution is -2.58. The zero-order valence-electron chi connectivity index (χ0n) is 10.3. The van der Waals surface area contributed by atoms with Crippen LogP contribution in [0.2, 0.25) is 0 Å². The second-order valence-corrected chi connectivity index (χ2v) is 4.24. The van der Waals surface area contributed by atoms with Crippen LogP contribution in [0.25, 0.3) is 0 Å². The number of hydrogen-bond donors (Lipinski definition) is 0. The van der Waals surface area contributed by atoms with Gasteiger partial charge in [0.1, 0.15) is 0 Å². The third kappa shape index (κ3) is 1.94. The lowest BCUT2D eigenvalue weighted by atomic mass is 9.95. The van der Waals surface area contributed by atoms with Crippen LogP contribution in [0, 0.1) is 0 Å². The van der Waals surface area contributed by atoms with E-state index in [4.69, 9.17) is 9.78 Å². The van der Waals surface area contributed by atoms with Crippen molar-refractivity contribution in [2.45, 2.75) is 5.79 Å². The van der Waals surface area contributed by atoms with Gasteiger partial charge < -0.3 is 0 Å². The summed E-state index contributed by atoms with van der Waals surface area (Å²) in [7, 11) is 0. The molecule has 1 fully saturated rings. The highest BCUT2D eigenvalue weighted by Crippen LogP contribution is 2.32. The van der Waals surface area contributed by atoms with E-state index in [1.54, 1.807) is 60.7 Å². The molecule has 0 spiro atoms. The Morgan fingerprint density at radius 1 is 0.700 bits per heavy atom. The van der Waals surface area contributed by atoms with Gasteiger partial charge >= 0.3 is 5.79 Å². The summed E-state index contributed by atoms with van der Waals surface area (Å²) in [5.41, 5.74) is 0.611.